The molecular formula is C19H14F3N3O3. The lowest BCUT2D eigenvalue weighted by atomic mass is 10.0. The summed E-state index contributed by atoms with van der Waals surface area (Å²) in [5, 5.41) is 30.0. The molecule has 1 aliphatic rings. The number of anilines is 1. The Kier molecular flexibility index (Phi) is 5.98. The first-order valence-electron chi connectivity index (χ1n) is 7.96. The number of halogens is 3. The molecule has 0 radical (unpaired) electrons. The first kappa shape index (κ1) is 20.8. The summed E-state index contributed by atoms with van der Waals surface area (Å²) in [6, 6.07) is 6.08. The van der Waals surface area contributed by atoms with E-state index in [9.17, 15) is 23.1 Å². The zero-order valence-electron chi connectivity index (χ0n) is 14.6. The van der Waals surface area contributed by atoms with Gasteiger partial charge < -0.3 is 15.2 Å². The van der Waals surface area contributed by atoms with E-state index in [0.717, 1.165) is 19.1 Å². The van der Waals surface area contributed by atoms with Gasteiger partial charge in [0.15, 0.2) is 11.4 Å². The van der Waals surface area contributed by atoms with Gasteiger partial charge in [0.2, 0.25) is 0 Å². The van der Waals surface area contributed by atoms with Crippen molar-refractivity contribution in [2.24, 2.45) is 5.92 Å². The molecule has 0 heterocycles. The zero-order chi connectivity index (χ0) is 20.9. The van der Waals surface area contributed by atoms with Crippen LogP contribution in [0.15, 0.2) is 30.0 Å². The van der Waals surface area contributed by atoms with Gasteiger partial charge in [-0.05, 0) is 43.5 Å². The third kappa shape index (κ3) is 5.03. The third-order valence-corrected chi connectivity index (χ3v) is 3.77. The predicted molar refractivity (Wildman–Crippen MR) is 90.9 cm³/mol. The second kappa shape index (κ2) is 8.04. The number of allylic oxidation sites excluding steroid dienone is 2. The number of hydrogen-bond donors (Lipinski definition) is 2. The van der Waals surface area contributed by atoms with Gasteiger partial charge in [-0.15, -0.1) is 0 Å². The second-order valence-electron chi connectivity index (χ2n) is 6.14. The molecule has 0 spiro atoms. The fourth-order valence-corrected chi connectivity index (χ4v) is 2.18. The summed E-state index contributed by atoms with van der Waals surface area (Å²) in [5.74, 6) is 3.97. The van der Waals surface area contributed by atoms with Gasteiger partial charge in [-0.1, -0.05) is 5.92 Å². The fourth-order valence-electron chi connectivity index (χ4n) is 2.18. The van der Waals surface area contributed by atoms with Gasteiger partial charge in [0.1, 0.15) is 12.5 Å². The average Bonchev–Trinajstić information content (AvgIpc) is 2.66. The van der Waals surface area contributed by atoms with E-state index in [4.69, 9.17) is 15.3 Å². The summed E-state index contributed by atoms with van der Waals surface area (Å²) in [7, 11) is 0. The summed E-state index contributed by atoms with van der Waals surface area (Å²) >= 11 is 0. The van der Waals surface area contributed by atoms with Crippen molar-refractivity contribution >= 4 is 11.6 Å². The van der Waals surface area contributed by atoms with Crippen molar-refractivity contribution in [2.45, 2.75) is 25.1 Å². The van der Waals surface area contributed by atoms with Gasteiger partial charge in [0.05, 0.1) is 23.3 Å². The maximum Gasteiger partial charge on any atom is 0.417 e. The van der Waals surface area contributed by atoms with Crippen LogP contribution in [-0.2, 0) is 15.7 Å². The normalized spacial score (nSPS) is 17.7. The number of hydrogen-bond acceptors (Lipinski definition) is 5. The van der Waals surface area contributed by atoms with Crippen LogP contribution in [0.5, 0.6) is 0 Å². The summed E-state index contributed by atoms with van der Waals surface area (Å²) in [5.41, 5.74) is -4.08. The number of amides is 1. The van der Waals surface area contributed by atoms with Gasteiger partial charge >= 0.3 is 6.18 Å². The Morgan fingerprint density at radius 2 is 2.14 bits per heavy atom. The summed E-state index contributed by atoms with van der Waals surface area (Å²) < 4.78 is 44.2. The molecule has 1 aromatic rings. The smallest absolute Gasteiger partial charge is 0.417 e. The molecule has 2 N–H and O–H groups in total. The molecule has 0 saturated heterocycles. The standard InChI is InChI=1S/C19H14F3N3O3/c1-18(27,11-28-15-6-2-12(9-23)3-7-15)17(26)25-14-5-4-13(10-24)16(8-14)19(20,21)22/h4-6,8,12,27H,2,11H2,1H3,(H,25,26)/t12?,18-/m0/s1. The maximum atomic E-state index is 13.0. The minimum Gasteiger partial charge on any atom is -0.482 e. The molecule has 0 aliphatic heterocycles. The lowest BCUT2D eigenvalue weighted by Gasteiger charge is -2.23. The number of nitrogens with one attached hydrogen (secondary N) is 1. The number of carbonyl (C=O) groups is 1. The topological polar surface area (TPSA) is 106 Å². The van der Waals surface area contributed by atoms with E-state index in [1.165, 1.54) is 6.07 Å². The first-order chi connectivity index (χ1) is 13.1. The van der Waals surface area contributed by atoms with Crippen molar-refractivity contribution in [3.8, 4) is 24.0 Å². The van der Waals surface area contributed by atoms with Gasteiger partial charge in [-0.2, -0.15) is 23.7 Å². The van der Waals surface area contributed by atoms with E-state index in [1.54, 1.807) is 6.08 Å². The number of rotatable bonds is 5. The molecule has 0 saturated carbocycles. The number of aliphatic hydroxyl groups is 1. The van der Waals surface area contributed by atoms with Crippen LogP contribution in [0.4, 0.5) is 18.9 Å². The Morgan fingerprint density at radius 3 is 2.68 bits per heavy atom. The molecule has 1 aliphatic carbocycles. The van der Waals surface area contributed by atoms with Crippen LogP contribution < -0.4 is 5.32 Å². The van der Waals surface area contributed by atoms with E-state index >= 15 is 0 Å². The van der Waals surface area contributed by atoms with Crippen LogP contribution in [-0.4, -0.2) is 23.2 Å². The molecular weight excluding hydrogens is 375 g/mol. The summed E-state index contributed by atoms with van der Waals surface area (Å²) in [4.78, 5) is 12.2. The second-order valence-corrected chi connectivity index (χ2v) is 6.14. The molecule has 6 nitrogen and oxygen atoms in total. The predicted octanol–water partition coefficient (Wildman–Crippen LogP) is 2.71. The third-order valence-electron chi connectivity index (χ3n) is 3.77. The summed E-state index contributed by atoms with van der Waals surface area (Å²) in [6.07, 6.45) is -2.88. The van der Waals surface area contributed by atoms with Crippen molar-refractivity contribution in [1.29, 1.82) is 10.5 Å². The SMILES string of the molecule is C[C@](O)(COC1=CCC(C#N)C#C1)C(=O)Nc1ccc(C#N)c(C(F)(F)F)c1. The van der Waals surface area contributed by atoms with E-state index < -0.39 is 41.3 Å². The fraction of sp³-hybridized carbons (Fsp3) is 0.316. The van der Waals surface area contributed by atoms with Crippen LogP contribution in [0.25, 0.3) is 0 Å². The molecule has 1 unspecified atom stereocenters. The van der Waals surface area contributed by atoms with E-state index in [-0.39, 0.29) is 11.4 Å². The maximum absolute atomic E-state index is 13.0. The number of carbonyl (C=O) groups excluding carboxylic acids is 1. The van der Waals surface area contributed by atoms with Crippen molar-refractivity contribution in [3.63, 3.8) is 0 Å². The molecule has 0 fully saturated rings. The molecule has 0 aromatic heterocycles. The van der Waals surface area contributed by atoms with Crippen molar-refractivity contribution in [2.75, 3.05) is 11.9 Å². The number of nitriles is 2. The zero-order valence-corrected chi connectivity index (χ0v) is 14.6. The van der Waals surface area contributed by atoms with Gasteiger partial charge in [0, 0.05) is 5.69 Å². The van der Waals surface area contributed by atoms with Crippen molar-refractivity contribution in [1.82, 2.24) is 0 Å². The highest BCUT2D eigenvalue weighted by Gasteiger charge is 2.35. The molecule has 28 heavy (non-hydrogen) atoms. The molecule has 9 heteroatoms. The van der Waals surface area contributed by atoms with Crippen molar-refractivity contribution in [3.05, 3.63) is 41.2 Å². The minimum atomic E-state index is -4.77. The summed E-state index contributed by atoms with van der Waals surface area (Å²) in [6.45, 7) is 0.629. The molecule has 1 amide bonds. The highest BCUT2D eigenvalue weighted by Crippen LogP contribution is 2.33. The van der Waals surface area contributed by atoms with Crippen LogP contribution >= 0.6 is 0 Å². The van der Waals surface area contributed by atoms with Crippen LogP contribution in [0, 0.1) is 40.4 Å². The van der Waals surface area contributed by atoms with E-state index in [2.05, 4.69) is 17.2 Å². The Morgan fingerprint density at radius 1 is 1.43 bits per heavy atom. The Hall–Kier alpha value is -3.48. The molecule has 2 atom stereocenters. The Labute approximate surface area is 158 Å². The average molecular weight is 389 g/mol. The quantitative estimate of drug-likeness (QED) is 0.753. The van der Waals surface area contributed by atoms with Gasteiger partial charge in [-0.3, -0.25) is 4.79 Å². The van der Waals surface area contributed by atoms with E-state index in [1.807, 2.05) is 6.07 Å². The molecule has 144 valence electrons. The monoisotopic (exact) mass is 389 g/mol. The Bertz CT molecular complexity index is 957. The Balaban J connectivity index is 2.07. The molecule has 1 aromatic carbocycles. The number of benzene rings is 1. The number of nitrogens with zero attached hydrogens (tertiary/aromatic N) is 2. The van der Waals surface area contributed by atoms with Crippen LogP contribution in [0.3, 0.4) is 0 Å². The lowest BCUT2D eigenvalue weighted by molar-refractivity contribution is -0.138. The minimum absolute atomic E-state index is 0.192. The highest BCUT2D eigenvalue weighted by molar-refractivity contribution is 5.97. The van der Waals surface area contributed by atoms with Gasteiger partial charge in [0.25, 0.3) is 5.91 Å². The largest absolute Gasteiger partial charge is 0.482 e. The first-order valence-corrected chi connectivity index (χ1v) is 7.96. The number of ether oxygens (including phenoxy) is 1. The van der Waals surface area contributed by atoms with Crippen LogP contribution in [0.2, 0.25) is 0 Å². The highest BCUT2D eigenvalue weighted by atomic mass is 19.4. The lowest BCUT2D eigenvalue weighted by Crippen LogP contribution is -2.44. The molecule has 2 rings (SSSR count). The van der Waals surface area contributed by atoms with Crippen LogP contribution in [0.1, 0.15) is 24.5 Å². The van der Waals surface area contributed by atoms with E-state index in [0.29, 0.717) is 12.5 Å². The van der Waals surface area contributed by atoms with Crippen molar-refractivity contribution < 1.29 is 27.8 Å². The molecule has 0 bridgehead atoms. The number of alkyl halides is 3. The van der Waals surface area contributed by atoms with Gasteiger partial charge in [-0.25, -0.2) is 0 Å².